The highest BCUT2D eigenvalue weighted by atomic mass is 127. The summed E-state index contributed by atoms with van der Waals surface area (Å²) >= 11 is 0. The molecule has 0 aromatic carbocycles. The number of hydrogen-bond donors (Lipinski definition) is 2. The first-order valence-corrected chi connectivity index (χ1v) is 7.80. The van der Waals surface area contributed by atoms with E-state index >= 15 is 0 Å². The third-order valence-electron chi connectivity index (χ3n) is 3.79. The van der Waals surface area contributed by atoms with E-state index in [1.165, 1.54) is 38.5 Å². The Balaban J connectivity index is 0.00000220. The standard InChI is InChI=1S/C15H26N4O.HI/c1-2-16-15(18-12-14-9-11-20-19-14)17-10-5-8-13-6-3-4-7-13;/h9,11,13H,2-8,10,12H2,1H3,(H2,16,17,18);1H. The van der Waals surface area contributed by atoms with E-state index in [-0.39, 0.29) is 24.0 Å². The number of aromatic nitrogens is 1. The Morgan fingerprint density at radius 2 is 2.19 bits per heavy atom. The van der Waals surface area contributed by atoms with Crippen molar-refractivity contribution in [3.05, 3.63) is 18.0 Å². The van der Waals surface area contributed by atoms with Gasteiger partial charge in [0.05, 0.1) is 6.54 Å². The predicted octanol–water partition coefficient (Wildman–Crippen LogP) is 3.32. The molecule has 1 aromatic rings. The molecule has 1 fully saturated rings. The van der Waals surface area contributed by atoms with Gasteiger partial charge in [0.1, 0.15) is 12.0 Å². The lowest BCUT2D eigenvalue weighted by atomic mass is 10.0. The Hall–Kier alpha value is -0.790. The molecule has 2 N–H and O–H groups in total. The average molecular weight is 406 g/mol. The molecule has 0 unspecified atom stereocenters. The van der Waals surface area contributed by atoms with Gasteiger partial charge in [0.15, 0.2) is 5.96 Å². The fraction of sp³-hybridized carbons (Fsp3) is 0.733. The van der Waals surface area contributed by atoms with Crippen LogP contribution in [0.4, 0.5) is 0 Å². The Bertz CT molecular complexity index is 388. The lowest BCUT2D eigenvalue weighted by Gasteiger charge is -2.12. The normalized spacial score (nSPS) is 15.8. The van der Waals surface area contributed by atoms with Gasteiger partial charge in [-0.2, -0.15) is 0 Å². The van der Waals surface area contributed by atoms with Gasteiger partial charge < -0.3 is 15.2 Å². The van der Waals surface area contributed by atoms with Gasteiger partial charge in [-0.05, 0) is 25.7 Å². The molecule has 0 aliphatic heterocycles. The number of hydrogen-bond acceptors (Lipinski definition) is 3. The first-order chi connectivity index (χ1) is 9.88. The van der Waals surface area contributed by atoms with Crippen LogP contribution in [0.25, 0.3) is 0 Å². The van der Waals surface area contributed by atoms with Crippen molar-refractivity contribution in [1.29, 1.82) is 0 Å². The minimum atomic E-state index is 0. The number of halogens is 1. The Morgan fingerprint density at radius 1 is 1.38 bits per heavy atom. The largest absolute Gasteiger partial charge is 0.364 e. The van der Waals surface area contributed by atoms with Crippen molar-refractivity contribution in [3.63, 3.8) is 0 Å². The Labute approximate surface area is 144 Å². The van der Waals surface area contributed by atoms with Gasteiger partial charge in [-0.3, -0.25) is 0 Å². The summed E-state index contributed by atoms with van der Waals surface area (Å²) in [6, 6.07) is 1.84. The van der Waals surface area contributed by atoms with E-state index < -0.39 is 0 Å². The second kappa shape index (κ2) is 10.9. The van der Waals surface area contributed by atoms with E-state index in [1.54, 1.807) is 6.26 Å². The maximum absolute atomic E-state index is 4.80. The molecule has 0 amide bonds. The highest BCUT2D eigenvalue weighted by Gasteiger charge is 2.13. The molecule has 0 atom stereocenters. The van der Waals surface area contributed by atoms with Gasteiger partial charge >= 0.3 is 0 Å². The minimum absolute atomic E-state index is 0. The molecule has 1 saturated carbocycles. The van der Waals surface area contributed by atoms with Crippen LogP contribution in [-0.2, 0) is 6.54 Å². The van der Waals surface area contributed by atoms with E-state index in [0.717, 1.165) is 30.7 Å². The van der Waals surface area contributed by atoms with Gasteiger partial charge in [-0.25, -0.2) is 4.99 Å². The molecule has 0 bridgehead atoms. The highest BCUT2D eigenvalue weighted by molar-refractivity contribution is 14.0. The summed E-state index contributed by atoms with van der Waals surface area (Å²) in [6.07, 6.45) is 9.86. The van der Waals surface area contributed by atoms with Crippen molar-refractivity contribution in [2.75, 3.05) is 13.1 Å². The molecule has 1 heterocycles. The third kappa shape index (κ3) is 7.15. The summed E-state index contributed by atoms with van der Waals surface area (Å²) in [5.74, 6) is 1.83. The van der Waals surface area contributed by atoms with Crippen molar-refractivity contribution in [2.45, 2.75) is 52.0 Å². The van der Waals surface area contributed by atoms with Crippen molar-refractivity contribution >= 4 is 29.9 Å². The molecule has 2 rings (SSSR count). The third-order valence-corrected chi connectivity index (χ3v) is 3.79. The number of aliphatic imine (C=N–C) groups is 1. The van der Waals surface area contributed by atoms with E-state index in [2.05, 4.69) is 27.7 Å². The predicted molar refractivity (Wildman–Crippen MR) is 95.9 cm³/mol. The maximum atomic E-state index is 4.80. The molecule has 1 aliphatic carbocycles. The van der Waals surface area contributed by atoms with E-state index in [9.17, 15) is 0 Å². The van der Waals surface area contributed by atoms with Gasteiger partial charge in [-0.15, -0.1) is 24.0 Å². The van der Waals surface area contributed by atoms with Crippen LogP contribution in [0.2, 0.25) is 0 Å². The molecule has 1 aromatic heterocycles. The second-order valence-corrected chi connectivity index (χ2v) is 5.41. The van der Waals surface area contributed by atoms with Crippen molar-refractivity contribution < 1.29 is 4.52 Å². The minimum Gasteiger partial charge on any atom is -0.364 e. The summed E-state index contributed by atoms with van der Waals surface area (Å²) in [4.78, 5) is 4.50. The molecule has 21 heavy (non-hydrogen) atoms. The van der Waals surface area contributed by atoms with Crippen molar-refractivity contribution in [1.82, 2.24) is 15.8 Å². The maximum Gasteiger partial charge on any atom is 0.191 e. The zero-order chi connectivity index (χ0) is 14.0. The molecule has 0 radical (unpaired) electrons. The van der Waals surface area contributed by atoms with Crippen LogP contribution in [0.15, 0.2) is 21.8 Å². The van der Waals surface area contributed by atoms with Gasteiger partial charge in [0, 0.05) is 19.2 Å². The Kier molecular flexibility index (Phi) is 9.45. The number of guanidine groups is 1. The van der Waals surface area contributed by atoms with Crippen LogP contribution < -0.4 is 10.6 Å². The van der Waals surface area contributed by atoms with E-state index in [0.29, 0.717) is 6.54 Å². The van der Waals surface area contributed by atoms with E-state index in [4.69, 9.17) is 4.52 Å². The summed E-state index contributed by atoms with van der Waals surface area (Å²) in [6.45, 7) is 4.48. The first kappa shape index (κ1) is 18.3. The van der Waals surface area contributed by atoms with Crippen LogP contribution >= 0.6 is 24.0 Å². The second-order valence-electron chi connectivity index (χ2n) is 5.41. The van der Waals surface area contributed by atoms with Crippen LogP contribution in [0, 0.1) is 5.92 Å². The molecule has 0 spiro atoms. The topological polar surface area (TPSA) is 62.5 Å². The monoisotopic (exact) mass is 406 g/mol. The number of nitrogens with zero attached hydrogens (tertiary/aromatic N) is 2. The van der Waals surface area contributed by atoms with Crippen LogP contribution in [0.1, 0.15) is 51.1 Å². The summed E-state index contributed by atoms with van der Waals surface area (Å²) in [7, 11) is 0. The summed E-state index contributed by atoms with van der Waals surface area (Å²) in [5.41, 5.74) is 0.855. The molecule has 5 nitrogen and oxygen atoms in total. The van der Waals surface area contributed by atoms with Crippen LogP contribution in [0.3, 0.4) is 0 Å². The quantitative estimate of drug-likeness (QED) is 0.316. The molecule has 6 heteroatoms. The smallest absolute Gasteiger partial charge is 0.191 e. The molecule has 120 valence electrons. The zero-order valence-electron chi connectivity index (χ0n) is 12.8. The van der Waals surface area contributed by atoms with Crippen molar-refractivity contribution in [3.8, 4) is 0 Å². The van der Waals surface area contributed by atoms with Gasteiger partial charge in [-0.1, -0.05) is 30.8 Å². The SMILES string of the molecule is CCNC(=NCc1ccon1)NCCCC1CCCC1.I. The molecular formula is C15H27IN4O. The Morgan fingerprint density at radius 3 is 2.86 bits per heavy atom. The molecular weight excluding hydrogens is 379 g/mol. The fourth-order valence-corrected chi connectivity index (χ4v) is 2.72. The van der Waals surface area contributed by atoms with Gasteiger partial charge in [0.2, 0.25) is 0 Å². The highest BCUT2D eigenvalue weighted by Crippen LogP contribution is 2.28. The fourth-order valence-electron chi connectivity index (χ4n) is 2.72. The lowest BCUT2D eigenvalue weighted by molar-refractivity contribution is 0.412. The number of nitrogens with one attached hydrogen (secondary N) is 2. The number of rotatable bonds is 7. The summed E-state index contributed by atoms with van der Waals surface area (Å²) < 4.78 is 4.80. The van der Waals surface area contributed by atoms with Gasteiger partial charge in [0.25, 0.3) is 0 Å². The van der Waals surface area contributed by atoms with E-state index in [1.807, 2.05) is 6.07 Å². The first-order valence-electron chi connectivity index (χ1n) is 7.80. The zero-order valence-corrected chi connectivity index (χ0v) is 15.1. The molecule has 0 saturated heterocycles. The molecule has 1 aliphatic rings. The van der Waals surface area contributed by atoms with Crippen LogP contribution in [0.5, 0.6) is 0 Å². The van der Waals surface area contributed by atoms with Crippen LogP contribution in [-0.4, -0.2) is 24.2 Å². The van der Waals surface area contributed by atoms with Crippen molar-refractivity contribution in [2.24, 2.45) is 10.9 Å². The average Bonchev–Trinajstić information content (AvgIpc) is 3.13. The lowest BCUT2D eigenvalue weighted by Crippen LogP contribution is -2.37. The summed E-state index contributed by atoms with van der Waals surface area (Å²) in [5, 5.41) is 10.5.